The first-order chi connectivity index (χ1) is 10.7. The van der Waals surface area contributed by atoms with Crippen LogP contribution in [0.2, 0.25) is 0 Å². The van der Waals surface area contributed by atoms with Crippen molar-refractivity contribution in [3.8, 4) is 0 Å². The summed E-state index contributed by atoms with van der Waals surface area (Å²) in [5, 5.41) is 10.4. The van der Waals surface area contributed by atoms with Gasteiger partial charge in [0, 0.05) is 32.7 Å². The zero-order valence-corrected chi connectivity index (χ0v) is 14.3. The molecule has 0 saturated carbocycles. The standard InChI is InChI=1S/C19H32N2O/c1-3-4-5-6-7-17-8-10-18(11-9-17)19(22)16-21-14-12-20(2)13-15-21/h8-11,19,22H,3-7,12-16H2,1-2H3. The average molecular weight is 304 g/mol. The van der Waals surface area contributed by atoms with Gasteiger partial charge in [-0.1, -0.05) is 50.5 Å². The Kier molecular flexibility index (Phi) is 7.37. The van der Waals surface area contributed by atoms with E-state index >= 15 is 0 Å². The van der Waals surface area contributed by atoms with Gasteiger partial charge in [0.1, 0.15) is 0 Å². The summed E-state index contributed by atoms with van der Waals surface area (Å²) in [5.41, 5.74) is 2.45. The van der Waals surface area contributed by atoms with Gasteiger partial charge in [0.2, 0.25) is 0 Å². The van der Waals surface area contributed by atoms with Crippen LogP contribution in [0.25, 0.3) is 0 Å². The fourth-order valence-electron chi connectivity index (χ4n) is 3.04. The second-order valence-corrected chi connectivity index (χ2v) is 6.67. The summed E-state index contributed by atoms with van der Waals surface area (Å²) in [6, 6.07) is 8.59. The van der Waals surface area contributed by atoms with Gasteiger partial charge in [0.05, 0.1) is 6.10 Å². The molecule has 3 nitrogen and oxygen atoms in total. The number of aliphatic hydroxyl groups excluding tert-OH is 1. The summed E-state index contributed by atoms with van der Waals surface area (Å²) in [6.45, 7) is 7.32. The summed E-state index contributed by atoms with van der Waals surface area (Å²) in [5.74, 6) is 0. The first-order valence-electron chi connectivity index (χ1n) is 8.87. The Hall–Kier alpha value is -0.900. The molecule has 1 aromatic carbocycles. The van der Waals surface area contributed by atoms with Crippen LogP contribution in [0.1, 0.15) is 49.8 Å². The van der Waals surface area contributed by atoms with Crippen molar-refractivity contribution in [1.82, 2.24) is 9.80 Å². The molecule has 1 saturated heterocycles. The molecule has 0 amide bonds. The molecule has 1 aromatic rings. The number of nitrogens with zero attached hydrogens (tertiary/aromatic N) is 2. The van der Waals surface area contributed by atoms with Crippen molar-refractivity contribution in [2.24, 2.45) is 0 Å². The Labute approximate surface area is 135 Å². The van der Waals surface area contributed by atoms with E-state index in [1.54, 1.807) is 0 Å². The van der Waals surface area contributed by atoms with Crippen molar-refractivity contribution >= 4 is 0 Å². The van der Waals surface area contributed by atoms with Crippen LogP contribution in [0.5, 0.6) is 0 Å². The molecule has 2 rings (SSSR count). The number of benzene rings is 1. The maximum Gasteiger partial charge on any atom is 0.0916 e. The number of hydrogen-bond donors (Lipinski definition) is 1. The summed E-state index contributed by atoms with van der Waals surface area (Å²) in [7, 11) is 2.16. The first kappa shape index (κ1) is 17.5. The lowest BCUT2D eigenvalue weighted by Crippen LogP contribution is -2.45. The quantitative estimate of drug-likeness (QED) is 0.748. The van der Waals surface area contributed by atoms with Crippen molar-refractivity contribution in [3.63, 3.8) is 0 Å². The average Bonchev–Trinajstić information content (AvgIpc) is 2.54. The van der Waals surface area contributed by atoms with E-state index in [2.05, 4.69) is 48.0 Å². The number of aryl methyl sites for hydroxylation is 1. The molecule has 0 aliphatic carbocycles. The summed E-state index contributed by atoms with van der Waals surface area (Å²) >= 11 is 0. The number of rotatable bonds is 8. The fourth-order valence-corrected chi connectivity index (χ4v) is 3.04. The maximum atomic E-state index is 10.4. The minimum absolute atomic E-state index is 0.363. The molecular weight excluding hydrogens is 272 g/mol. The lowest BCUT2D eigenvalue weighted by Gasteiger charge is -2.33. The zero-order chi connectivity index (χ0) is 15.8. The number of likely N-dealkylation sites (N-methyl/N-ethyl adjacent to an activating group) is 1. The van der Waals surface area contributed by atoms with Crippen LogP contribution in [0.4, 0.5) is 0 Å². The molecule has 0 spiro atoms. The van der Waals surface area contributed by atoms with Crippen LogP contribution in [0, 0.1) is 0 Å². The molecule has 1 unspecified atom stereocenters. The van der Waals surface area contributed by atoms with E-state index in [0.717, 1.165) is 44.7 Å². The van der Waals surface area contributed by atoms with Gasteiger partial charge in [0.15, 0.2) is 0 Å². The highest BCUT2D eigenvalue weighted by molar-refractivity contribution is 5.24. The Morgan fingerprint density at radius 1 is 1.00 bits per heavy atom. The van der Waals surface area contributed by atoms with E-state index in [9.17, 15) is 5.11 Å². The third-order valence-electron chi connectivity index (χ3n) is 4.71. The fraction of sp³-hybridized carbons (Fsp3) is 0.684. The smallest absolute Gasteiger partial charge is 0.0916 e. The highest BCUT2D eigenvalue weighted by Crippen LogP contribution is 2.17. The van der Waals surface area contributed by atoms with Crippen molar-refractivity contribution < 1.29 is 5.11 Å². The van der Waals surface area contributed by atoms with Crippen LogP contribution in [0.3, 0.4) is 0 Å². The summed E-state index contributed by atoms with van der Waals surface area (Å²) in [6.07, 6.45) is 6.02. The van der Waals surface area contributed by atoms with Gasteiger partial charge >= 0.3 is 0 Å². The molecule has 1 fully saturated rings. The molecular formula is C19H32N2O. The molecule has 1 aliphatic heterocycles. The number of aliphatic hydroxyl groups is 1. The second kappa shape index (κ2) is 9.29. The van der Waals surface area contributed by atoms with Crippen molar-refractivity contribution in [1.29, 1.82) is 0 Å². The Morgan fingerprint density at radius 3 is 2.32 bits per heavy atom. The predicted octanol–water partition coefficient (Wildman–Crippen LogP) is 3.09. The number of hydrogen-bond acceptors (Lipinski definition) is 3. The van der Waals surface area contributed by atoms with Crippen molar-refractivity contribution in [3.05, 3.63) is 35.4 Å². The van der Waals surface area contributed by atoms with E-state index in [1.165, 1.54) is 31.2 Å². The second-order valence-electron chi connectivity index (χ2n) is 6.67. The molecule has 1 aliphatic rings. The molecule has 0 aromatic heterocycles. The summed E-state index contributed by atoms with van der Waals surface area (Å²) in [4.78, 5) is 4.71. The lowest BCUT2D eigenvalue weighted by atomic mass is 10.0. The largest absolute Gasteiger partial charge is 0.387 e. The third kappa shape index (κ3) is 5.71. The van der Waals surface area contributed by atoms with Crippen molar-refractivity contribution in [2.45, 2.75) is 45.1 Å². The summed E-state index contributed by atoms with van der Waals surface area (Å²) < 4.78 is 0. The number of unbranched alkanes of at least 4 members (excludes halogenated alkanes) is 3. The van der Waals surface area contributed by atoms with Gasteiger partial charge in [-0.05, 0) is 31.0 Å². The van der Waals surface area contributed by atoms with Crippen LogP contribution in [0.15, 0.2) is 24.3 Å². The number of piperazine rings is 1. The Balaban J connectivity index is 1.76. The highest BCUT2D eigenvalue weighted by atomic mass is 16.3. The highest BCUT2D eigenvalue weighted by Gasteiger charge is 2.17. The maximum absolute atomic E-state index is 10.4. The van der Waals surface area contributed by atoms with Gasteiger partial charge in [-0.15, -0.1) is 0 Å². The van der Waals surface area contributed by atoms with Crippen LogP contribution in [-0.2, 0) is 6.42 Å². The normalized spacial score (nSPS) is 18.5. The minimum Gasteiger partial charge on any atom is -0.387 e. The third-order valence-corrected chi connectivity index (χ3v) is 4.71. The first-order valence-corrected chi connectivity index (χ1v) is 8.87. The zero-order valence-electron chi connectivity index (χ0n) is 14.3. The molecule has 0 bridgehead atoms. The van der Waals surface area contributed by atoms with E-state index in [0.29, 0.717) is 0 Å². The Morgan fingerprint density at radius 2 is 1.68 bits per heavy atom. The van der Waals surface area contributed by atoms with Gasteiger partial charge in [0.25, 0.3) is 0 Å². The van der Waals surface area contributed by atoms with E-state index in [4.69, 9.17) is 0 Å². The Bertz CT molecular complexity index is 410. The van der Waals surface area contributed by atoms with Gasteiger partial charge in [-0.3, -0.25) is 4.90 Å². The predicted molar refractivity (Wildman–Crippen MR) is 93.2 cm³/mol. The van der Waals surface area contributed by atoms with E-state index in [-0.39, 0.29) is 6.10 Å². The minimum atomic E-state index is -0.363. The van der Waals surface area contributed by atoms with Gasteiger partial charge in [-0.25, -0.2) is 0 Å². The van der Waals surface area contributed by atoms with E-state index < -0.39 is 0 Å². The van der Waals surface area contributed by atoms with Crippen molar-refractivity contribution in [2.75, 3.05) is 39.8 Å². The van der Waals surface area contributed by atoms with Gasteiger partial charge in [-0.2, -0.15) is 0 Å². The monoisotopic (exact) mass is 304 g/mol. The molecule has 1 atom stereocenters. The molecule has 3 heteroatoms. The lowest BCUT2D eigenvalue weighted by molar-refractivity contribution is 0.0805. The van der Waals surface area contributed by atoms with Crippen LogP contribution < -0.4 is 0 Å². The SMILES string of the molecule is CCCCCCc1ccc(C(O)CN2CCN(C)CC2)cc1. The van der Waals surface area contributed by atoms with Crippen LogP contribution >= 0.6 is 0 Å². The topological polar surface area (TPSA) is 26.7 Å². The molecule has 22 heavy (non-hydrogen) atoms. The van der Waals surface area contributed by atoms with Crippen LogP contribution in [-0.4, -0.2) is 54.7 Å². The molecule has 1 heterocycles. The molecule has 124 valence electrons. The van der Waals surface area contributed by atoms with E-state index in [1.807, 2.05) is 0 Å². The number of β-amino-alcohol motifs (C(OH)–C–C–N with tert-alkyl or cyclic N) is 1. The molecule has 1 N–H and O–H groups in total. The molecule has 0 radical (unpaired) electrons. The van der Waals surface area contributed by atoms with Gasteiger partial charge < -0.3 is 10.0 Å².